The molecule has 152 valence electrons. The van der Waals surface area contributed by atoms with Crippen LogP contribution in [0.4, 0.5) is 5.69 Å². The molecule has 0 atom stereocenters. The van der Waals surface area contributed by atoms with Crippen molar-refractivity contribution in [2.45, 2.75) is 13.2 Å². The molecule has 0 amide bonds. The molecule has 0 bridgehead atoms. The molecular weight excluding hydrogens is 388 g/mol. The Kier molecular flexibility index (Phi) is 6.39. The molecule has 0 aliphatic carbocycles. The number of nitro benzene ring substituents is 1. The summed E-state index contributed by atoms with van der Waals surface area (Å²) in [5.41, 5.74) is 0.403. The Bertz CT molecular complexity index is 1070. The molecule has 30 heavy (non-hydrogen) atoms. The van der Waals surface area contributed by atoms with Gasteiger partial charge in [0.05, 0.1) is 15.9 Å². The summed E-state index contributed by atoms with van der Waals surface area (Å²) in [5, 5.41) is 22.7. The summed E-state index contributed by atoms with van der Waals surface area (Å²) in [4.78, 5) is 21.2. The van der Waals surface area contributed by atoms with E-state index in [1.807, 2.05) is 60.7 Å². The molecule has 0 N–H and O–H groups in total. The van der Waals surface area contributed by atoms with Crippen LogP contribution in [0, 0.1) is 20.2 Å². The van der Waals surface area contributed by atoms with Crippen molar-refractivity contribution in [3.63, 3.8) is 0 Å². The zero-order valence-corrected chi connectivity index (χ0v) is 15.9. The van der Waals surface area contributed by atoms with Crippen LogP contribution in [-0.2, 0) is 13.2 Å². The van der Waals surface area contributed by atoms with E-state index in [4.69, 9.17) is 9.47 Å². The molecule has 0 saturated heterocycles. The molecule has 3 aromatic rings. The Labute approximate surface area is 172 Å². The minimum Gasteiger partial charge on any atom is -0.485 e. The Morgan fingerprint density at radius 2 is 1.27 bits per heavy atom. The zero-order valence-electron chi connectivity index (χ0n) is 15.9. The molecule has 3 rings (SSSR count). The van der Waals surface area contributed by atoms with Gasteiger partial charge in [-0.1, -0.05) is 60.7 Å². The summed E-state index contributed by atoms with van der Waals surface area (Å²) < 4.78 is 11.6. The highest BCUT2D eigenvalue weighted by atomic mass is 16.6. The van der Waals surface area contributed by atoms with Crippen molar-refractivity contribution in [1.29, 1.82) is 0 Å². The maximum absolute atomic E-state index is 11.5. The molecule has 8 heteroatoms. The highest BCUT2D eigenvalue weighted by molar-refractivity contribution is 5.70. The highest BCUT2D eigenvalue weighted by Crippen LogP contribution is 2.38. The van der Waals surface area contributed by atoms with Crippen LogP contribution in [0.1, 0.15) is 16.7 Å². The summed E-state index contributed by atoms with van der Waals surface area (Å²) in [5.74, 6) is 0.264. The Balaban J connectivity index is 1.97. The topological polar surface area (TPSA) is 105 Å². The minimum atomic E-state index is -0.770. The Morgan fingerprint density at radius 1 is 0.800 bits per heavy atom. The van der Waals surface area contributed by atoms with Crippen LogP contribution in [0.25, 0.3) is 5.70 Å². The third-order valence-electron chi connectivity index (χ3n) is 4.26. The van der Waals surface area contributed by atoms with Gasteiger partial charge in [-0.25, -0.2) is 0 Å². The maximum Gasteiger partial charge on any atom is 0.287 e. The third-order valence-corrected chi connectivity index (χ3v) is 4.26. The lowest BCUT2D eigenvalue weighted by atomic mass is 10.1. The van der Waals surface area contributed by atoms with E-state index in [1.54, 1.807) is 0 Å². The van der Waals surface area contributed by atoms with Gasteiger partial charge in [0.1, 0.15) is 18.8 Å². The van der Waals surface area contributed by atoms with E-state index in [1.165, 1.54) is 6.07 Å². The second-order valence-corrected chi connectivity index (χ2v) is 6.33. The van der Waals surface area contributed by atoms with Crippen molar-refractivity contribution < 1.29 is 19.3 Å². The largest absolute Gasteiger partial charge is 0.485 e. The zero-order chi connectivity index (χ0) is 21.5. The lowest BCUT2D eigenvalue weighted by Gasteiger charge is -2.14. The standard InChI is InChI=1S/C22H18N2O6/c1-16(23(25)26)19-12-21(29-14-17-8-4-2-5-9-17)22(13-20(19)24(27)28)30-15-18-10-6-3-7-11-18/h2-13H,1,14-15H2. The first kappa shape index (κ1) is 20.5. The van der Waals surface area contributed by atoms with Crippen LogP contribution < -0.4 is 9.47 Å². The van der Waals surface area contributed by atoms with Crippen LogP contribution in [-0.4, -0.2) is 9.85 Å². The van der Waals surface area contributed by atoms with Gasteiger partial charge in [-0.15, -0.1) is 0 Å². The van der Waals surface area contributed by atoms with Gasteiger partial charge < -0.3 is 9.47 Å². The average Bonchev–Trinajstić information content (AvgIpc) is 2.76. The first-order valence-electron chi connectivity index (χ1n) is 8.95. The van der Waals surface area contributed by atoms with Crippen molar-refractivity contribution in [1.82, 2.24) is 0 Å². The molecule has 8 nitrogen and oxygen atoms in total. The van der Waals surface area contributed by atoms with Gasteiger partial charge in [0.25, 0.3) is 11.4 Å². The van der Waals surface area contributed by atoms with Crippen LogP contribution in [0.3, 0.4) is 0 Å². The fourth-order valence-electron chi connectivity index (χ4n) is 2.73. The van der Waals surface area contributed by atoms with E-state index in [-0.39, 0.29) is 30.3 Å². The number of rotatable bonds is 9. The summed E-state index contributed by atoms with van der Waals surface area (Å²) in [7, 11) is 0. The van der Waals surface area contributed by atoms with Crippen molar-refractivity contribution in [2.24, 2.45) is 0 Å². The SMILES string of the molecule is C=C(c1cc(OCc2ccccc2)c(OCc2ccccc2)cc1[N+](=O)[O-])[N+](=O)[O-]. The van der Waals surface area contributed by atoms with Crippen molar-refractivity contribution in [3.05, 3.63) is 116 Å². The average molecular weight is 406 g/mol. The van der Waals surface area contributed by atoms with Gasteiger partial charge in [0.15, 0.2) is 11.5 Å². The predicted molar refractivity (Wildman–Crippen MR) is 111 cm³/mol. The fourth-order valence-corrected chi connectivity index (χ4v) is 2.73. The van der Waals surface area contributed by atoms with Gasteiger partial charge in [0.2, 0.25) is 0 Å². The van der Waals surface area contributed by atoms with Crippen molar-refractivity contribution >= 4 is 11.4 Å². The molecule has 0 aromatic heterocycles. The second-order valence-electron chi connectivity index (χ2n) is 6.33. The van der Waals surface area contributed by atoms with Crippen molar-refractivity contribution in [2.75, 3.05) is 0 Å². The van der Waals surface area contributed by atoms with Gasteiger partial charge in [-0.2, -0.15) is 0 Å². The second kappa shape index (κ2) is 9.33. The molecule has 0 aliphatic heterocycles. The van der Waals surface area contributed by atoms with Crippen LogP contribution in [0.2, 0.25) is 0 Å². The lowest BCUT2D eigenvalue weighted by Crippen LogP contribution is -2.05. The molecule has 0 spiro atoms. The fraction of sp³-hybridized carbons (Fsp3) is 0.0909. The van der Waals surface area contributed by atoms with Gasteiger partial charge in [0, 0.05) is 6.07 Å². The molecule has 0 heterocycles. The summed E-state index contributed by atoms with van der Waals surface area (Å²) in [6.07, 6.45) is 0. The number of nitro groups is 2. The Hall–Kier alpha value is -4.20. The predicted octanol–water partition coefficient (Wildman–Crippen LogP) is 5.00. The molecule has 0 aliphatic rings. The maximum atomic E-state index is 11.5. The Morgan fingerprint density at radius 3 is 1.70 bits per heavy atom. The minimum absolute atomic E-state index is 0.112. The van der Waals surface area contributed by atoms with E-state index in [9.17, 15) is 20.2 Å². The van der Waals surface area contributed by atoms with E-state index in [0.29, 0.717) is 0 Å². The van der Waals surface area contributed by atoms with Gasteiger partial charge in [-0.05, 0) is 17.7 Å². The molecule has 3 aromatic carbocycles. The van der Waals surface area contributed by atoms with Gasteiger partial charge in [-0.3, -0.25) is 20.2 Å². The lowest BCUT2D eigenvalue weighted by molar-refractivity contribution is -0.391. The smallest absolute Gasteiger partial charge is 0.287 e. The van der Waals surface area contributed by atoms with Crippen LogP contribution in [0.15, 0.2) is 79.4 Å². The first-order valence-corrected chi connectivity index (χ1v) is 8.95. The highest BCUT2D eigenvalue weighted by Gasteiger charge is 2.27. The van der Waals surface area contributed by atoms with E-state index in [0.717, 1.165) is 17.2 Å². The number of nitrogens with zero attached hydrogens (tertiary/aromatic N) is 2. The van der Waals surface area contributed by atoms with E-state index in [2.05, 4.69) is 6.58 Å². The summed E-state index contributed by atoms with van der Waals surface area (Å²) in [6, 6.07) is 20.9. The third kappa shape index (κ3) is 4.99. The molecular formula is C22H18N2O6. The molecule has 0 saturated carbocycles. The molecule has 0 unspecified atom stereocenters. The molecule has 0 fully saturated rings. The van der Waals surface area contributed by atoms with Crippen molar-refractivity contribution in [3.8, 4) is 11.5 Å². The van der Waals surface area contributed by atoms with Crippen LogP contribution in [0.5, 0.6) is 11.5 Å². The van der Waals surface area contributed by atoms with E-state index < -0.39 is 21.2 Å². The molecule has 0 radical (unpaired) electrons. The monoisotopic (exact) mass is 406 g/mol. The number of hydrogen-bond donors (Lipinski definition) is 0. The number of ether oxygens (including phenoxy) is 2. The van der Waals surface area contributed by atoms with Gasteiger partial charge >= 0.3 is 0 Å². The summed E-state index contributed by atoms with van der Waals surface area (Å²) >= 11 is 0. The quantitative estimate of drug-likeness (QED) is 0.366. The normalized spacial score (nSPS) is 10.3. The van der Waals surface area contributed by atoms with E-state index >= 15 is 0 Å². The number of hydrogen-bond acceptors (Lipinski definition) is 6. The first-order chi connectivity index (χ1) is 14.5. The van der Waals surface area contributed by atoms with Crippen LogP contribution >= 0.6 is 0 Å². The summed E-state index contributed by atoms with van der Waals surface area (Å²) in [6.45, 7) is 3.66. The number of benzene rings is 3.